The van der Waals surface area contributed by atoms with Crippen molar-refractivity contribution in [1.82, 2.24) is 9.97 Å². The maximum Gasteiger partial charge on any atom is 0.336 e. The van der Waals surface area contributed by atoms with Crippen molar-refractivity contribution in [3.05, 3.63) is 62.6 Å². The summed E-state index contributed by atoms with van der Waals surface area (Å²) in [7, 11) is 1.35. The maximum absolute atomic E-state index is 13.0. The van der Waals surface area contributed by atoms with Crippen LogP contribution in [0.4, 0.5) is 5.82 Å². The number of rotatable bonds is 5. The lowest BCUT2D eigenvalue weighted by atomic mass is 9.82. The Hall–Kier alpha value is -2.54. The molecule has 0 saturated heterocycles. The summed E-state index contributed by atoms with van der Waals surface area (Å²) in [6.45, 7) is 5.86. The number of carbonyl (C=O) groups excluding carboxylic acids is 1. The van der Waals surface area contributed by atoms with Gasteiger partial charge in [-0.1, -0.05) is 48.5 Å². The first-order valence-corrected chi connectivity index (χ1v) is 9.84. The normalized spacial score (nSPS) is 15.9. The Labute approximate surface area is 162 Å². The molecule has 1 aliphatic heterocycles. The molecule has 27 heavy (non-hydrogen) atoms. The zero-order valence-corrected chi connectivity index (χ0v) is 16.7. The van der Waals surface area contributed by atoms with Gasteiger partial charge in [0.1, 0.15) is 5.82 Å². The lowest BCUT2D eigenvalue weighted by molar-refractivity contribution is -0.136. The van der Waals surface area contributed by atoms with E-state index < -0.39 is 11.9 Å². The van der Waals surface area contributed by atoms with Crippen LogP contribution in [0.25, 0.3) is 0 Å². The molecule has 3 rings (SSSR count). The number of H-pyrrole nitrogens is 1. The number of esters is 1. The molecule has 0 unspecified atom stereocenters. The maximum atomic E-state index is 13.0. The SMILES string of the molecule is CCCSc1nc2c(c(=O)[nH]1)[C@@H](c1cccc(C)c1)C(C(=O)OC)=C(C)N2. The van der Waals surface area contributed by atoms with Gasteiger partial charge in [-0.05, 0) is 25.8 Å². The molecule has 1 atom stereocenters. The second-order valence-corrected chi connectivity index (χ2v) is 7.57. The van der Waals surface area contributed by atoms with Crippen molar-refractivity contribution >= 4 is 23.5 Å². The molecule has 2 aromatic rings. The minimum Gasteiger partial charge on any atom is -0.466 e. The van der Waals surface area contributed by atoms with Crippen LogP contribution in [0.3, 0.4) is 0 Å². The topological polar surface area (TPSA) is 84.1 Å². The van der Waals surface area contributed by atoms with Gasteiger partial charge >= 0.3 is 5.97 Å². The van der Waals surface area contributed by atoms with Gasteiger partial charge in [0.15, 0.2) is 5.16 Å². The summed E-state index contributed by atoms with van der Waals surface area (Å²) in [4.78, 5) is 32.9. The van der Waals surface area contributed by atoms with Gasteiger partial charge in [0, 0.05) is 11.4 Å². The van der Waals surface area contributed by atoms with E-state index in [1.165, 1.54) is 18.9 Å². The molecule has 2 heterocycles. The highest BCUT2D eigenvalue weighted by atomic mass is 32.2. The predicted molar refractivity (Wildman–Crippen MR) is 107 cm³/mol. The molecule has 142 valence electrons. The van der Waals surface area contributed by atoms with Crippen LogP contribution in [-0.2, 0) is 9.53 Å². The van der Waals surface area contributed by atoms with Crippen LogP contribution in [0, 0.1) is 6.92 Å². The van der Waals surface area contributed by atoms with E-state index in [-0.39, 0.29) is 5.56 Å². The third kappa shape index (κ3) is 3.78. The van der Waals surface area contributed by atoms with E-state index in [0.717, 1.165) is 23.3 Å². The van der Waals surface area contributed by atoms with Crippen LogP contribution in [0.15, 0.2) is 45.5 Å². The number of anilines is 1. The van der Waals surface area contributed by atoms with Crippen molar-refractivity contribution in [2.75, 3.05) is 18.2 Å². The number of ether oxygens (including phenoxy) is 1. The summed E-state index contributed by atoms with van der Waals surface area (Å²) in [6, 6.07) is 7.80. The summed E-state index contributed by atoms with van der Waals surface area (Å²) in [5, 5.41) is 3.71. The smallest absolute Gasteiger partial charge is 0.336 e. The second kappa shape index (κ2) is 8.00. The van der Waals surface area contributed by atoms with Gasteiger partial charge in [-0.3, -0.25) is 4.79 Å². The monoisotopic (exact) mass is 385 g/mol. The van der Waals surface area contributed by atoms with Crippen LogP contribution < -0.4 is 10.9 Å². The first kappa shape index (κ1) is 19.2. The van der Waals surface area contributed by atoms with E-state index in [1.54, 1.807) is 6.92 Å². The van der Waals surface area contributed by atoms with E-state index >= 15 is 0 Å². The van der Waals surface area contributed by atoms with Crippen LogP contribution in [0.1, 0.15) is 42.9 Å². The molecule has 7 heteroatoms. The summed E-state index contributed by atoms with van der Waals surface area (Å²) in [5.74, 6) is 0.371. The van der Waals surface area contributed by atoms with Crippen molar-refractivity contribution < 1.29 is 9.53 Å². The fourth-order valence-corrected chi connectivity index (χ4v) is 3.98. The van der Waals surface area contributed by atoms with E-state index in [2.05, 4.69) is 22.2 Å². The van der Waals surface area contributed by atoms with Crippen LogP contribution in [-0.4, -0.2) is 28.8 Å². The van der Waals surface area contributed by atoms with Gasteiger partial charge in [-0.2, -0.15) is 0 Å². The highest BCUT2D eigenvalue weighted by Crippen LogP contribution is 2.40. The van der Waals surface area contributed by atoms with Gasteiger partial charge in [0.25, 0.3) is 5.56 Å². The summed E-state index contributed by atoms with van der Waals surface area (Å²) >= 11 is 1.51. The van der Waals surface area contributed by atoms with Crippen LogP contribution in [0.5, 0.6) is 0 Å². The van der Waals surface area contributed by atoms with Gasteiger partial charge in [0.2, 0.25) is 0 Å². The molecule has 1 aromatic carbocycles. The van der Waals surface area contributed by atoms with E-state index in [9.17, 15) is 9.59 Å². The molecular formula is C20H23N3O3S. The Bertz CT molecular complexity index is 965. The molecule has 1 aromatic heterocycles. The van der Waals surface area contributed by atoms with E-state index in [0.29, 0.717) is 27.8 Å². The summed E-state index contributed by atoms with van der Waals surface area (Å²) in [5.41, 5.74) is 3.17. The Morgan fingerprint density at radius 1 is 1.33 bits per heavy atom. The minimum atomic E-state index is -0.532. The number of methoxy groups -OCH3 is 1. The largest absolute Gasteiger partial charge is 0.466 e. The van der Waals surface area contributed by atoms with Crippen molar-refractivity contribution in [2.24, 2.45) is 0 Å². The average molecular weight is 385 g/mol. The molecule has 1 aliphatic rings. The summed E-state index contributed by atoms with van der Waals surface area (Å²) in [6.07, 6.45) is 0.982. The Kier molecular flexibility index (Phi) is 5.70. The van der Waals surface area contributed by atoms with Crippen LogP contribution in [0.2, 0.25) is 0 Å². The molecule has 0 saturated carbocycles. The van der Waals surface area contributed by atoms with Gasteiger partial charge in [-0.15, -0.1) is 0 Å². The molecule has 0 amide bonds. The lowest BCUT2D eigenvalue weighted by Crippen LogP contribution is -2.31. The van der Waals surface area contributed by atoms with Crippen LogP contribution >= 0.6 is 11.8 Å². The van der Waals surface area contributed by atoms with Crippen molar-refractivity contribution in [3.63, 3.8) is 0 Å². The van der Waals surface area contributed by atoms with E-state index in [1.807, 2.05) is 31.2 Å². The zero-order valence-electron chi connectivity index (χ0n) is 15.9. The summed E-state index contributed by atoms with van der Waals surface area (Å²) < 4.78 is 5.00. The lowest BCUT2D eigenvalue weighted by Gasteiger charge is -2.28. The third-order valence-corrected chi connectivity index (χ3v) is 5.52. The number of aromatic amines is 1. The Morgan fingerprint density at radius 3 is 2.78 bits per heavy atom. The third-order valence-electron chi connectivity index (χ3n) is 4.44. The Balaban J connectivity index is 2.21. The molecule has 2 N–H and O–H groups in total. The average Bonchev–Trinajstić information content (AvgIpc) is 2.64. The van der Waals surface area contributed by atoms with Crippen molar-refractivity contribution in [2.45, 2.75) is 38.3 Å². The predicted octanol–water partition coefficient (Wildman–Crippen LogP) is 3.58. The first-order valence-electron chi connectivity index (χ1n) is 8.86. The minimum absolute atomic E-state index is 0.244. The number of aromatic nitrogens is 2. The highest BCUT2D eigenvalue weighted by molar-refractivity contribution is 7.99. The van der Waals surface area contributed by atoms with Crippen molar-refractivity contribution in [3.8, 4) is 0 Å². The molecule has 0 spiro atoms. The fraction of sp³-hybridized carbons (Fsp3) is 0.350. The second-order valence-electron chi connectivity index (χ2n) is 6.48. The van der Waals surface area contributed by atoms with Crippen molar-refractivity contribution in [1.29, 1.82) is 0 Å². The molecule has 0 bridgehead atoms. The number of fused-ring (bicyclic) bond motifs is 1. The Morgan fingerprint density at radius 2 is 2.11 bits per heavy atom. The number of hydrogen-bond donors (Lipinski definition) is 2. The van der Waals surface area contributed by atoms with Gasteiger partial charge in [0.05, 0.1) is 24.2 Å². The number of nitrogens with zero attached hydrogens (tertiary/aromatic N) is 1. The molecule has 0 fully saturated rings. The quantitative estimate of drug-likeness (QED) is 0.465. The zero-order chi connectivity index (χ0) is 19.6. The molecule has 0 radical (unpaired) electrons. The molecule has 6 nitrogen and oxygen atoms in total. The number of nitrogens with one attached hydrogen (secondary N) is 2. The van der Waals surface area contributed by atoms with Gasteiger partial charge < -0.3 is 15.0 Å². The first-order chi connectivity index (χ1) is 13.0. The van der Waals surface area contributed by atoms with E-state index in [4.69, 9.17) is 4.74 Å². The highest BCUT2D eigenvalue weighted by Gasteiger charge is 2.36. The number of hydrogen-bond acceptors (Lipinski definition) is 6. The standard InChI is InChI=1S/C20H23N3O3S/c1-5-9-27-20-22-17-16(18(24)23-20)15(13-8-6-7-11(2)10-13)14(12(3)21-17)19(25)26-4/h6-8,10,15H,5,9H2,1-4H3,(H2,21,22,23,24)/t15-/m0/s1. The number of aryl methyl sites for hydroxylation is 1. The fourth-order valence-electron chi connectivity index (χ4n) is 3.26. The number of carbonyl (C=O) groups is 1. The molecular weight excluding hydrogens is 362 g/mol. The number of allylic oxidation sites excluding steroid dienone is 1. The number of benzene rings is 1. The van der Waals surface area contributed by atoms with Gasteiger partial charge in [-0.25, -0.2) is 9.78 Å². The molecule has 0 aliphatic carbocycles. The number of thioether (sulfide) groups is 1.